The van der Waals surface area contributed by atoms with Gasteiger partial charge >= 0.3 is 5.97 Å². The Morgan fingerprint density at radius 2 is 1.68 bits per heavy atom. The SMILES string of the molecule is COC(=O)c1ccc(Nc2ccc(C(=O)NCc3ccccc3C)nc2)cc1. The van der Waals surface area contributed by atoms with E-state index in [1.165, 1.54) is 7.11 Å². The lowest BCUT2D eigenvalue weighted by Crippen LogP contribution is -2.24. The van der Waals surface area contributed by atoms with Gasteiger partial charge in [0.25, 0.3) is 5.91 Å². The van der Waals surface area contributed by atoms with Crippen LogP contribution < -0.4 is 10.6 Å². The maximum atomic E-state index is 12.3. The summed E-state index contributed by atoms with van der Waals surface area (Å²) in [6.07, 6.45) is 1.59. The molecule has 0 spiro atoms. The first kappa shape index (κ1) is 19.1. The zero-order chi connectivity index (χ0) is 19.9. The number of anilines is 2. The molecule has 0 fully saturated rings. The van der Waals surface area contributed by atoms with E-state index in [0.717, 1.165) is 22.5 Å². The first-order valence-corrected chi connectivity index (χ1v) is 8.81. The summed E-state index contributed by atoms with van der Waals surface area (Å²) in [7, 11) is 1.35. The molecular formula is C22H21N3O3. The Morgan fingerprint density at radius 3 is 2.32 bits per heavy atom. The summed E-state index contributed by atoms with van der Waals surface area (Å²) in [6.45, 7) is 2.47. The van der Waals surface area contributed by atoms with Crippen LogP contribution in [0.5, 0.6) is 0 Å². The molecule has 1 aromatic heterocycles. The third-order valence-electron chi connectivity index (χ3n) is 4.29. The first-order chi connectivity index (χ1) is 13.6. The van der Waals surface area contributed by atoms with Crippen LogP contribution in [0.2, 0.25) is 0 Å². The van der Waals surface area contributed by atoms with E-state index < -0.39 is 0 Å². The molecular weight excluding hydrogens is 354 g/mol. The Balaban J connectivity index is 1.59. The fraction of sp³-hybridized carbons (Fsp3) is 0.136. The van der Waals surface area contributed by atoms with E-state index in [2.05, 4.69) is 20.4 Å². The molecule has 142 valence electrons. The van der Waals surface area contributed by atoms with Gasteiger partial charge in [-0.25, -0.2) is 9.78 Å². The maximum absolute atomic E-state index is 12.3. The maximum Gasteiger partial charge on any atom is 0.337 e. The highest BCUT2D eigenvalue weighted by molar-refractivity contribution is 5.92. The number of aromatic nitrogens is 1. The van der Waals surface area contributed by atoms with E-state index in [0.29, 0.717) is 17.8 Å². The normalized spacial score (nSPS) is 10.2. The standard InChI is InChI=1S/C22H21N3O3/c1-15-5-3-4-6-17(15)13-24-21(26)20-12-11-19(14-23-20)25-18-9-7-16(8-10-18)22(27)28-2/h3-12,14,25H,13H2,1-2H3,(H,24,26). The Morgan fingerprint density at radius 1 is 0.964 bits per heavy atom. The van der Waals surface area contributed by atoms with Crippen molar-refractivity contribution in [3.63, 3.8) is 0 Å². The third-order valence-corrected chi connectivity index (χ3v) is 4.29. The second-order valence-electron chi connectivity index (χ2n) is 6.24. The number of aryl methyl sites for hydroxylation is 1. The van der Waals surface area contributed by atoms with Gasteiger partial charge in [0.15, 0.2) is 0 Å². The lowest BCUT2D eigenvalue weighted by atomic mass is 10.1. The smallest absolute Gasteiger partial charge is 0.337 e. The number of rotatable bonds is 6. The Hall–Kier alpha value is -3.67. The lowest BCUT2D eigenvalue weighted by Gasteiger charge is -2.09. The number of carbonyl (C=O) groups excluding carboxylic acids is 2. The van der Waals surface area contributed by atoms with Gasteiger partial charge in [-0.3, -0.25) is 4.79 Å². The first-order valence-electron chi connectivity index (χ1n) is 8.81. The van der Waals surface area contributed by atoms with Crippen LogP contribution in [0.4, 0.5) is 11.4 Å². The summed E-state index contributed by atoms with van der Waals surface area (Å²) in [4.78, 5) is 28.0. The van der Waals surface area contributed by atoms with Crippen molar-refractivity contribution in [1.82, 2.24) is 10.3 Å². The summed E-state index contributed by atoms with van der Waals surface area (Å²) in [5.41, 5.74) is 4.57. The van der Waals surface area contributed by atoms with Gasteiger partial charge < -0.3 is 15.4 Å². The minimum Gasteiger partial charge on any atom is -0.465 e. The molecule has 3 aromatic rings. The van der Waals surface area contributed by atoms with Crippen LogP contribution in [0.3, 0.4) is 0 Å². The van der Waals surface area contributed by atoms with Crippen LogP contribution in [0.15, 0.2) is 66.9 Å². The number of nitrogens with one attached hydrogen (secondary N) is 2. The van der Waals surface area contributed by atoms with Gasteiger partial charge in [0.2, 0.25) is 0 Å². The van der Waals surface area contributed by atoms with Crippen LogP contribution in [0.25, 0.3) is 0 Å². The van der Waals surface area contributed by atoms with Gasteiger partial charge in [0.1, 0.15) is 5.69 Å². The summed E-state index contributed by atoms with van der Waals surface area (Å²) in [5.74, 6) is -0.605. The van der Waals surface area contributed by atoms with Crippen molar-refractivity contribution < 1.29 is 14.3 Å². The van der Waals surface area contributed by atoms with Gasteiger partial charge in [-0.2, -0.15) is 0 Å². The summed E-state index contributed by atoms with van der Waals surface area (Å²) in [6, 6.07) is 18.3. The predicted molar refractivity (Wildman–Crippen MR) is 108 cm³/mol. The van der Waals surface area contributed by atoms with E-state index >= 15 is 0 Å². The van der Waals surface area contributed by atoms with Crippen molar-refractivity contribution in [2.75, 3.05) is 12.4 Å². The van der Waals surface area contributed by atoms with Crippen LogP contribution in [-0.4, -0.2) is 24.0 Å². The van der Waals surface area contributed by atoms with Crippen molar-refractivity contribution in [3.05, 3.63) is 89.2 Å². The number of esters is 1. The monoisotopic (exact) mass is 375 g/mol. The van der Waals surface area contributed by atoms with Gasteiger partial charge in [-0.1, -0.05) is 24.3 Å². The molecule has 6 heteroatoms. The number of ether oxygens (including phenoxy) is 1. The molecule has 0 aliphatic heterocycles. The Kier molecular flexibility index (Phi) is 6.01. The third kappa shape index (κ3) is 4.73. The Labute approximate surface area is 163 Å². The highest BCUT2D eigenvalue weighted by Crippen LogP contribution is 2.17. The van der Waals surface area contributed by atoms with E-state index in [1.54, 1.807) is 42.6 Å². The largest absolute Gasteiger partial charge is 0.465 e. The van der Waals surface area contributed by atoms with Crippen molar-refractivity contribution in [3.8, 4) is 0 Å². The zero-order valence-corrected chi connectivity index (χ0v) is 15.7. The van der Waals surface area contributed by atoms with Crippen LogP contribution in [0, 0.1) is 6.92 Å². The molecule has 0 atom stereocenters. The molecule has 3 rings (SSSR count). The fourth-order valence-corrected chi connectivity index (χ4v) is 2.65. The molecule has 1 heterocycles. The number of methoxy groups -OCH3 is 1. The molecule has 2 N–H and O–H groups in total. The highest BCUT2D eigenvalue weighted by Gasteiger charge is 2.08. The number of hydrogen-bond acceptors (Lipinski definition) is 5. The van der Waals surface area contributed by atoms with Crippen molar-refractivity contribution in [1.29, 1.82) is 0 Å². The molecule has 0 unspecified atom stereocenters. The molecule has 0 radical (unpaired) electrons. The Bertz CT molecular complexity index is 967. The number of benzene rings is 2. The number of pyridine rings is 1. The highest BCUT2D eigenvalue weighted by atomic mass is 16.5. The van der Waals surface area contributed by atoms with Crippen LogP contribution >= 0.6 is 0 Å². The minimum absolute atomic E-state index is 0.225. The number of carbonyl (C=O) groups is 2. The molecule has 2 aromatic carbocycles. The lowest BCUT2D eigenvalue weighted by molar-refractivity contribution is 0.0600. The summed E-state index contributed by atoms with van der Waals surface area (Å²) in [5, 5.41) is 6.06. The number of amides is 1. The number of hydrogen-bond donors (Lipinski definition) is 2. The quantitative estimate of drug-likeness (QED) is 0.640. The van der Waals surface area contributed by atoms with E-state index in [4.69, 9.17) is 0 Å². The zero-order valence-electron chi connectivity index (χ0n) is 15.7. The average Bonchev–Trinajstić information content (AvgIpc) is 2.73. The summed E-state index contributed by atoms with van der Waals surface area (Å²) < 4.78 is 4.68. The molecule has 0 aliphatic rings. The van der Waals surface area contributed by atoms with Gasteiger partial charge in [0.05, 0.1) is 24.6 Å². The van der Waals surface area contributed by atoms with Crippen molar-refractivity contribution in [2.24, 2.45) is 0 Å². The topological polar surface area (TPSA) is 80.3 Å². The number of nitrogens with zero attached hydrogens (tertiary/aromatic N) is 1. The second-order valence-corrected chi connectivity index (χ2v) is 6.24. The van der Waals surface area contributed by atoms with Gasteiger partial charge in [-0.15, -0.1) is 0 Å². The summed E-state index contributed by atoms with van der Waals surface area (Å²) >= 11 is 0. The van der Waals surface area contributed by atoms with E-state index in [9.17, 15) is 9.59 Å². The molecule has 28 heavy (non-hydrogen) atoms. The van der Waals surface area contributed by atoms with Gasteiger partial charge in [0, 0.05) is 12.2 Å². The molecule has 0 bridgehead atoms. The molecule has 0 saturated carbocycles. The molecule has 1 amide bonds. The molecule has 6 nitrogen and oxygen atoms in total. The van der Waals surface area contributed by atoms with Crippen molar-refractivity contribution in [2.45, 2.75) is 13.5 Å². The molecule has 0 aliphatic carbocycles. The van der Waals surface area contributed by atoms with Gasteiger partial charge in [-0.05, 0) is 54.4 Å². The van der Waals surface area contributed by atoms with Crippen LogP contribution in [-0.2, 0) is 11.3 Å². The van der Waals surface area contributed by atoms with E-state index in [1.807, 2.05) is 31.2 Å². The average molecular weight is 375 g/mol. The fourth-order valence-electron chi connectivity index (χ4n) is 2.65. The van der Waals surface area contributed by atoms with Crippen LogP contribution in [0.1, 0.15) is 32.0 Å². The second kappa shape index (κ2) is 8.81. The van der Waals surface area contributed by atoms with E-state index in [-0.39, 0.29) is 11.9 Å². The molecule has 0 saturated heterocycles. The van der Waals surface area contributed by atoms with Crippen molar-refractivity contribution >= 4 is 23.3 Å². The minimum atomic E-state index is -0.380. The predicted octanol–water partition coefficient (Wildman–Crippen LogP) is 3.85.